The van der Waals surface area contributed by atoms with Crippen molar-refractivity contribution in [2.24, 2.45) is 0 Å². The van der Waals surface area contributed by atoms with Crippen LogP contribution in [-0.4, -0.2) is 13.1 Å². The maximum absolute atomic E-state index is 11.6. The van der Waals surface area contributed by atoms with E-state index in [-0.39, 0.29) is 0 Å². The van der Waals surface area contributed by atoms with E-state index in [1.807, 2.05) is 12.1 Å². The average Bonchev–Trinajstić information content (AvgIpc) is 2.65. The lowest BCUT2D eigenvalue weighted by molar-refractivity contribution is -0.134. The van der Waals surface area contributed by atoms with Gasteiger partial charge >= 0.3 is 5.97 Å². The van der Waals surface area contributed by atoms with E-state index in [1.54, 1.807) is 48.5 Å². The Morgan fingerprint density at radius 3 is 2.38 bits per heavy atom. The predicted octanol–water partition coefficient (Wildman–Crippen LogP) is 3.70. The van der Waals surface area contributed by atoms with Gasteiger partial charge < -0.3 is 4.74 Å². The van der Waals surface area contributed by atoms with E-state index in [2.05, 4.69) is 12.1 Å². The molecule has 0 radical (unpaired) electrons. The second-order valence-corrected chi connectivity index (χ2v) is 4.88. The van der Waals surface area contributed by atoms with Crippen LogP contribution in [0.4, 0.5) is 0 Å². The van der Waals surface area contributed by atoms with Gasteiger partial charge in [-0.05, 0) is 41.0 Å². The summed E-state index contributed by atoms with van der Waals surface area (Å²) in [5.41, 5.74) is 3.38. The van der Waals surface area contributed by atoms with E-state index in [0.717, 1.165) is 11.1 Å². The molecule has 0 bridgehead atoms. The molecule has 0 unspecified atom stereocenters. The summed E-state index contributed by atoms with van der Waals surface area (Å²) in [5.74, 6) is -0.468. The smallest absolute Gasteiger partial charge is 0.331 e. The fourth-order valence-electron chi connectivity index (χ4n) is 2.05. The first-order chi connectivity index (χ1) is 11.7. The van der Waals surface area contributed by atoms with Crippen LogP contribution in [0.5, 0.6) is 0 Å². The second-order valence-electron chi connectivity index (χ2n) is 4.88. The molecule has 0 aromatic heterocycles. The number of methoxy groups -OCH3 is 1. The van der Waals surface area contributed by atoms with Gasteiger partial charge in [-0.15, -0.1) is 0 Å². The highest BCUT2D eigenvalue weighted by Gasteiger charge is 2.03. The Morgan fingerprint density at radius 2 is 1.75 bits per heavy atom. The molecule has 0 amide bonds. The Bertz CT molecular complexity index is 879. The molecule has 4 nitrogen and oxygen atoms in total. The summed E-state index contributed by atoms with van der Waals surface area (Å²) in [5, 5.41) is 17.8. The molecular weight excluding hydrogens is 300 g/mol. The van der Waals surface area contributed by atoms with Gasteiger partial charge in [0.05, 0.1) is 30.4 Å². The maximum Gasteiger partial charge on any atom is 0.331 e. The number of hydrogen-bond acceptors (Lipinski definition) is 4. The number of ether oxygens (including phenoxy) is 1. The van der Waals surface area contributed by atoms with Gasteiger partial charge in [-0.3, -0.25) is 0 Å². The van der Waals surface area contributed by atoms with Crippen molar-refractivity contribution in [3.63, 3.8) is 0 Å². The fourth-order valence-corrected chi connectivity index (χ4v) is 2.05. The third-order valence-electron chi connectivity index (χ3n) is 3.29. The number of nitriles is 2. The Kier molecular flexibility index (Phi) is 5.66. The number of rotatable bonds is 4. The molecule has 2 aromatic rings. The van der Waals surface area contributed by atoms with Crippen molar-refractivity contribution in [1.29, 1.82) is 10.5 Å². The van der Waals surface area contributed by atoms with Crippen molar-refractivity contribution in [1.82, 2.24) is 0 Å². The monoisotopic (exact) mass is 314 g/mol. The van der Waals surface area contributed by atoms with Gasteiger partial charge in [-0.1, -0.05) is 36.4 Å². The van der Waals surface area contributed by atoms with Crippen LogP contribution >= 0.6 is 0 Å². The molecule has 0 aliphatic carbocycles. The molecule has 116 valence electrons. The van der Waals surface area contributed by atoms with Crippen LogP contribution in [0.2, 0.25) is 0 Å². The van der Waals surface area contributed by atoms with Crippen molar-refractivity contribution < 1.29 is 9.53 Å². The number of carbonyl (C=O) groups is 1. The Labute approximate surface area is 140 Å². The van der Waals surface area contributed by atoms with Crippen LogP contribution in [-0.2, 0) is 9.53 Å². The molecule has 0 saturated carbocycles. The lowest BCUT2D eigenvalue weighted by atomic mass is 10.0. The third kappa shape index (κ3) is 4.43. The van der Waals surface area contributed by atoms with Gasteiger partial charge in [0.1, 0.15) is 0 Å². The minimum Gasteiger partial charge on any atom is -0.466 e. The predicted molar refractivity (Wildman–Crippen MR) is 91.3 cm³/mol. The summed E-state index contributed by atoms with van der Waals surface area (Å²) in [6.45, 7) is 0. The van der Waals surface area contributed by atoms with Crippen LogP contribution in [0.25, 0.3) is 11.6 Å². The number of nitrogens with zero attached hydrogens (tertiary/aromatic N) is 2. The number of hydrogen-bond donors (Lipinski definition) is 0. The number of benzene rings is 2. The Morgan fingerprint density at radius 1 is 1.04 bits per heavy atom. The van der Waals surface area contributed by atoms with Crippen molar-refractivity contribution in [3.05, 3.63) is 82.9 Å². The van der Waals surface area contributed by atoms with Gasteiger partial charge in [0.25, 0.3) is 0 Å². The minimum absolute atomic E-state index is 0.468. The molecule has 24 heavy (non-hydrogen) atoms. The minimum atomic E-state index is -0.468. The zero-order valence-corrected chi connectivity index (χ0v) is 13.1. The summed E-state index contributed by atoms with van der Waals surface area (Å²) in [6, 6.07) is 18.2. The van der Waals surface area contributed by atoms with Gasteiger partial charge in [0.15, 0.2) is 0 Å². The SMILES string of the molecule is COC(=O)C=C(C=Cc1cccc(C#N)c1)c1ccc(C#N)cc1. The fraction of sp³-hybridized carbons (Fsp3) is 0.0500. The zero-order chi connectivity index (χ0) is 17.4. The molecule has 0 fully saturated rings. The summed E-state index contributed by atoms with van der Waals surface area (Å²) in [6.07, 6.45) is 4.97. The Hall–Kier alpha value is -3.63. The van der Waals surface area contributed by atoms with E-state index < -0.39 is 5.97 Å². The largest absolute Gasteiger partial charge is 0.466 e. The quantitative estimate of drug-likeness (QED) is 0.490. The highest BCUT2D eigenvalue weighted by Crippen LogP contribution is 2.19. The average molecular weight is 314 g/mol. The van der Waals surface area contributed by atoms with Gasteiger partial charge in [0.2, 0.25) is 0 Å². The number of allylic oxidation sites excluding steroid dienone is 2. The van der Waals surface area contributed by atoms with Crippen molar-refractivity contribution in [3.8, 4) is 12.1 Å². The molecule has 4 heteroatoms. The third-order valence-corrected chi connectivity index (χ3v) is 3.29. The highest BCUT2D eigenvalue weighted by molar-refractivity contribution is 5.95. The van der Waals surface area contributed by atoms with Crippen molar-refractivity contribution in [2.75, 3.05) is 7.11 Å². The molecule has 0 spiro atoms. The molecule has 0 saturated heterocycles. The van der Waals surface area contributed by atoms with Crippen molar-refractivity contribution in [2.45, 2.75) is 0 Å². The van der Waals surface area contributed by atoms with Crippen LogP contribution in [0.3, 0.4) is 0 Å². The highest BCUT2D eigenvalue weighted by atomic mass is 16.5. The summed E-state index contributed by atoms with van der Waals surface area (Å²) >= 11 is 0. The number of esters is 1. The van der Waals surface area contributed by atoms with Gasteiger partial charge in [-0.2, -0.15) is 10.5 Å². The van der Waals surface area contributed by atoms with E-state index >= 15 is 0 Å². The molecule has 2 aromatic carbocycles. The molecule has 0 aliphatic rings. The summed E-state index contributed by atoms with van der Waals surface area (Å²) < 4.78 is 4.69. The molecule has 0 N–H and O–H groups in total. The number of carbonyl (C=O) groups excluding carboxylic acids is 1. The van der Waals surface area contributed by atoms with Crippen LogP contribution < -0.4 is 0 Å². The first-order valence-corrected chi connectivity index (χ1v) is 7.14. The van der Waals surface area contributed by atoms with Crippen LogP contribution in [0.15, 0.2) is 60.7 Å². The standard InChI is InChI=1S/C20H14N2O2/c1-24-20(23)12-19(18-8-6-16(13-21)7-9-18)10-5-15-3-2-4-17(11-15)14-22/h2-12H,1H3. The molecule has 0 heterocycles. The molecule has 0 atom stereocenters. The normalized spacial score (nSPS) is 10.9. The first-order valence-electron chi connectivity index (χ1n) is 7.14. The van der Waals surface area contributed by atoms with E-state index in [0.29, 0.717) is 16.7 Å². The zero-order valence-electron chi connectivity index (χ0n) is 13.1. The second kappa shape index (κ2) is 8.12. The first kappa shape index (κ1) is 16.7. The Balaban J connectivity index is 2.37. The maximum atomic E-state index is 11.6. The lowest BCUT2D eigenvalue weighted by Crippen LogP contribution is -1.96. The topological polar surface area (TPSA) is 73.9 Å². The molecule has 2 rings (SSSR count). The van der Waals surface area contributed by atoms with Crippen molar-refractivity contribution >= 4 is 17.6 Å². The van der Waals surface area contributed by atoms with E-state index in [9.17, 15) is 4.79 Å². The van der Waals surface area contributed by atoms with Crippen LogP contribution in [0.1, 0.15) is 22.3 Å². The molecule has 0 aliphatic heterocycles. The van der Waals surface area contributed by atoms with Crippen LogP contribution in [0, 0.1) is 22.7 Å². The van der Waals surface area contributed by atoms with Gasteiger partial charge in [-0.25, -0.2) is 4.79 Å². The summed E-state index contributed by atoms with van der Waals surface area (Å²) in [4.78, 5) is 11.6. The van der Waals surface area contributed by atoms with Gasteiger partial charge in [0, 0.05) is 6.08 Å². The van der Waals surface area contributed by atoms with E-state index in [4.69, 9.17) is 15.3 Å². The van der Waals surface area contributed by atoms with E-state index in [1.165, 1.54) is 13.2 Å². The molecular formula is C20H14N2O2. The lowest BCUT2D eigenvalue weighted by Gasteiger charge is -2.03. The summed E-state index contributed by atoms with van der Waals surface area (Å²) in [7, 11) is 1.31.